The van der Waals surface area contributed by atoms with Crippen LogP contribution in [0, 0.1) is 11.1 Å². The molecule has 1 N–H and O–H groups in total. The molecule has 1 unspecified atom stereocenters. The summed E-state index contributed by atoms with van der Waals surface area (Å²) in [7, 11) is 0. The third-order valence-electron chi connectivity index (χ3n) is 4.98. The van der Waals surface area contributed by atoms with Crippen LogP contribution in [0.2, 0.25) is 0 Å². The Balaban J connectivity index is 1.51. The average molecular weight is 433 g/mol. The highest BCUT2D eigenvalue weighted by Crippen LogP contribution is 2.37. The lowest BCUT2D eigenvalue weighted by atomic mass is 10.1. The van der Waals surface area contributed by atoms with Gasteiger partial charge in [0, 0.05) is 23.1 Å². The van der Waals surface area contributed by atoms with E-state index >= 15 is 0 Å². The topological polar surface area (TPSA) is 68.9 Å². The first-order chi connectivity index (χ1) is 14.3. The van der Waals surface area contributed by atoms with E-state index in [4.69, 9.17) is 0 Å². The Bertz CT molecular complexity index is 1050. The first-order valence-electron chi connectivity index (χ1n) is 9.43. The molecule has 2 heterocycles. The van der Waals surface area contributed by atoms with Crippen molar-refractivity contribution >= 4 is 17.2 Å². The number of hydrogen-bond acceptors (Lipinski definition) is 4. The molecule has 1 fully saturated rings. The van der Waals surface area contributed by atoms with Gasteiger partial charge in [0.25, 0.3) is 5.91 Å². The number of aromatic nitrogens is 2. The zero-order chi connectivity index (χ0) is 21.3. The molecule has 2 aromatic heterocycles. The summed E-state index contributed by atoms with van der Waals surface area (Å²) in [4.78, 5) is 17.0. The van der Waals surface area contributed by atoms with Crippen LogP contribution >= 0.6 is 11.3 Å². The summed E-state index contributed by atoms with van der Waals surface area (Å²) in [5.74, 6) is 0.0626. The SMILES string of the molecule is O=C(NC(CC1CC1)c1cccc[n+]1[O-])c1csc(-c2ccc(C(F)(F)F)cc2)n1. The van der Waals surface area contributed by atoms with Gasteiger partial charge < -0.3 is 10.5 Å². The molecule has 1 aromatic carbocycles. The molecular formula is C21H18F3N3O2S. The zero-order valence-electron chi connectivity index (χ0n) is 15.7. The lowest BCUT2D eigenvalue weighted by molar-refractivity contribution is -0.616. The number of hydrogen-bond donors (Lipinski definition) is 1. The average Bonchev–Trinajstić information content (AvgIpc) is 3.39. The van der Waals surface area contributed by atoms with Crippen LogP contribution in [0.3, 0.4) is 0 Å². The second kappa shape index (κ2) is 8.06. The van der Waals surface area contributed by atoms with Gasteiger partial charge in [0.15, 0.2) is 6.20 Å². The van der Waals surface area contributed by atoms with Gasteiger partial charge in [0.05, 0.1) is 5.56 Å². The molecule has 0 spiro atoms. The minimum atomic E-state index is -4.40. The molecule has 1 saturated carbocycles. The summed E-state index contributed by atoms with van der Waals surface area (Å²) in [5.41, 5.74) is 0.402. The van der Waals surface area contributed by atoms with Gasteiger partial charge >= 0.3 is 6.18 Å². The molecule has 30 heavy (non-hydrogen) atoms. The van der Waals surface area contributed by atoms with Crippen LogP contribution in [0.25, 0.3) is 10.6 Å². The summed E-state index contributed by atoms with van der Waals surface area (Å²) < 4.78 is 38.9. The van der Waals surface area contributed by atoms with Gasteiger partial charge in [-0.05, 0) is 30.5 Å². The fraction of sp³-hybridized carbons (Fsp3) is 0.286. The molecule has 1 aliphatic rings. The van der Waals surface area contributed by atoms with Gasteiger partial charge in [-0.15, -0.1) is 11.3 Å². The number of thiazole rings is 1. The van der Waals surface area contributed by atoms with Crippen molar-refractivity contribution in [2.24, 2.45) is 5.92 Å². The Hall–Kier alpha value is -2.94. The Kier molecular flexibility index (Phi) is 5.46. The summed E-state index contributed by atoms with van der Waals surface area (Å²) >= 11 is 1.18. The fourth-order valence-corrected chi connectivity index (χ4v) is 4.00. The second-order valence-electron chi connectivity index (χ2n) is 7.27. The van der Waals surface area contributed by atoms with Gasteiger partial charge in [0.2, 0.25) is 5.69 Å². The van der Waals surface area contributed by atoms with Crippen molar-refractivity contribution in [3.63, 3.8) is 0 Å². The first kappa shape index (κ1) is 20.3. The number of alkyl halides is 3. The predicted octanol–water partition coefficient (Wildman–Crippen LogP) is 4.73. The molecule has 0 aliphatic heterocycles. The van der Waals surface area contributed by atoms with Gasteiger partial charge in [-0.25, -0.2) is 4.98 Å². The van der Waals surface area contributed by atoms with E-state index in [1.807, 2.05) is 0 Å². The van der Waals surface area contributed by atoms with Crippen LogP contribution in [-0.2, 0) is 6.18 Å². The maximum atomic E-state index is 12.7. The Morgan fingerprint density at radius 2 is 1.97 bits per heavy atom. The molecule has 1 atom stereocenters. The number of nitrogens with zero attached hydrogens (tertiary/aromatic N) is 2. The second-order valence-corrected chi connectivity index (χ2v) is 8.13. The number of amides is 1. The Morgan fingerprint density at radius 3 is 2.60 bits per heavy atom. The quantitative estimate of drug-likeness (QED) is 0.451. The summed E-state index contributed by atoms with van der Waals surface area (Å²) in [6.45, 7) is 0. The monoisotopic (exact) mass is 433 g/mol. The third-order valence-corrected chi connectivity index (χ3v) is 5.87. The van der Waals surface area contributed by atoms with E-state index in [1.54, 1.807) is 23.6 Å². The highest BCUT2D eigenvalue weighted by molar-refractivity contribution is 7.13. The fourth-order valence-electron chi connectivity index (χ4n) is 3.20. The van der Waals surface area contributed by atoms with Crippen molar-refractivity contribution in [1.29, 1.82) is 0 Å². The maximum Gasteiger partial charge on any atom is 0.416 e. The summed E-state index contributed by atoms with van der Waals surface area (Å²) in [6, 6.07) is 9.29. The van der Waals surface area contributed by atoms with E-state index in [0.717, 1.165) is 29.7 Å². The van der Waals surface area contributed by atoms with E-state index in [1.165, 1.54) is 29.7 Å². The predicted molar refractivity (Wildman–Crippen MR) is 106 cm³/mol. The van der Waals surface area contributed by atoms with Crippen molar-refractivity contribution in [3.8, 4) is 10.6 Å². The number of halogens is 3. The van der Waals surface area contributed by atoms with Crippen LogP contribution in [-0.4, -0.2) is 10.9 Å². The number of carbonyl (C=O) groups is 1. The van der Waals surface area contributed by atoms with E-state index in [0.29, 0.717) is 28.6 Å². The molecule has 0 saturated heterocycles. The smallest absolute Gasteiger partial charge is 0.416 e. The van der Waals surface area contributed by atoms with Gasteiger partial charge in [-0.3, -0.25) is 4.79 Å². The molecule has 156 valence electrons. The minimum Gasteiger partial charge on any atom is -0.618 e. The Morgan fingerprint density at radius 1 is 1.23 bits per heavy atom. The van der Waals surface area contributed by atoms with E-state index in [2.05, 4.69) is 10.3 Å². The number of benzene rings is 1. The lowest BCUT2D eigenvalue weighted by Crippen LogP contribution is -2.39. The number of carbonyl (C=O) groups excluding carboxylic acids is 1. The van der Waals surface area contributed by atoms with Crippen LogP contribution in [0.4, 0.5) is 13.2 Å². The van der Waals surface area contributed by atoms with Gasteiger partial charge in [-0.1, -0.05) is 25.0 Å². The summed E-state index contributed by atoms with van der Waals surface area (Å²) in [6.07, 6.45) is -0.181. The van der Waals surface area contributed by atoms with Gasteiger partial charge in [-0.2, -0.15) is 17.9 Å². The van der Waals surface area contributed by atoms with E-state index in [9.17, 15) is 23.2 Å². The van der Waals surface area contributed by atoms with Crippen LogP contribution < -0.4 is 10.0 Å². The normalized spacial score (nSPS) is 15.0. The van der Waals surface area contributed by atoms with Crippen molar-refractivity contribution in [3.05, 3.63) is 76.2 Å². The molecule has 3 aromatic rings. The molecule has 4 rings (SSSR count). The first-order valence-corrected chi connectivity index (χ1v) is 10.3. The largest absolute Gasteiger partial charge is 0.618 e. The number of pyridine rings is 1. The third kappa shape index (κ3) is 4.62. The van der Waals surface area contributed by atoms with E-state index < -0.39 is 23.7 Å². The number of nitrogens with one attached hydrogen (secondary N) is 1. The molecule has 9 heteroatoms. The molecule has 1 aliphatic carbocycles. The summed E-state index contributed by atoms with van der Waals surface area (Å²) in [5, 5.41) is 17.0. The lowest BCUT2D eigenvalue weighted by Gasteiger charge is -2.17. The molecule has 0 radical (unpaired) electrons. The highest BCUT2D eigenvalue weighted by Gasteiger charge is 2.32. The number of rotatable bonds is 6. The van der Waals surface area contributed by atoms with Crippen molar-refractivity contribution in [2.75, 3.05) is 0 Å². The molecule has 5 nitrogen and oxygen atoms in total. The van der Waals surface area contributed by atoms with Crippen LogP contribution in [0.5, 0.6) is 0 Å². The minimum absolute atomic E-state index is 0.170. The van der Waals surface area contributed by atoms with Crippen LogP contribution in [0.15, 0.2) is 54.0 Å². The molecular weight excluding hydrogens is 415 g/mol. The molecule has 1 amide bonds. The van der Waals surface area contributed by atoms with E-state index in [-0.39, 0.29) is 5.69 Å². The van der Waals surface area contributed by atoms with Crippen LogP contribution in [0.1, 0.15) is 47.1 Å². The van der Waals surface area contributed by atoms with Gasteiger partial charge in [0.1, 0.15) is 16.7 Å². The Labute approximate surface area is 174 Å². The molecule has 0 bridgehead atoms. The van der Waals surface area contributed by atoms with Crippen molar-refractivity contribution in [1.82, 2.24) is 10.3 Å². The van der Waals surface area contributed by atoms with Crippen molar-refractivity contribution < 1.29 is 22.7 Å². The standard InChI is InChI=1S/C21H18F3N3O2S/c22-21(23,24)15-8-6-14(7-9-15)20-26-17(12-30-20)19(28)25-16(11-13-4-5-13)18-3-1-2-10-27(18)29/h1-3,6-10,12-13,16H,4-5,11H2,(H,25,28). The highest BCUT2D eigenvalue weighted by atomic mass is 32.1. The maximum absolute atomic E-state index is 12.7. The zero-order valence-corrected chi connectivity index (χ0v) is 16.5. The van der Waals surface area contributed by atoms with Crippen molar-refractivity contribution in [2.45, 2.75) is 31.5 Å².